The lowest BCUT2D eigenvalue weighted by molar-refractivity contribution is 0.0769. The summed E-state index contributed by atoms with van der Waals surface area (Å²) in [5.74, 6) is -0.0186. The molecule has 0 heterocycles. The van der Waals surface area contributed by atoms with Gasteiger partial charge < -0.3 is 15.7 Å². The minimum Gasteiger partial charge on any atom is -0.393 e. The molecule has 1 rings (SSSR count). The van der Waals surface area contributed by atoms with Gasteiger partial charge in [0.05, 0.1) is 6.10 Å². The average Bonchev–Trinajstić information content (AvgIpc) is 2.36. The van der Waals surface area contributed by atoms with Crippen LogP contribution in [0.1, 0.15) is 29.3 Å². The number of carbonyl (C=O) groups is 1. The summed E-state index contributed by atoms with van der Waals surface area (Å²) < 4.78 is 0. The third-order valence-electron chi connectivity index (χ3n) is 2.86. The molecule has 1 unspecified atom stereocenters. The van der Waals surface area contributed by atoms with Crippen LogP contribution in [0.5, 0.6) is 0 Å². The summed E-state index contributed by atoms with van der Waals surface area (Å²) >= 11 is 0. The van der Waals surface area contributed by atoms with E-state index in [0.717, 1.165) is 12.0 Å². The molecule has 0 saturated carbocycles. The van der Waals surface area contributed by atoms with Crippen LogP contribution in [-0.2, 0) is 6.42 Å². The maximum Gasteiger partial charge on any atom is 0.253 e. The quantitative estimate of drug-likeness (QED) is 0.792. The number of hydrogen-bond acceptors (Lipinski definition) is 3. The maximum atomic E-state index is 12.0. The van der Waals surface area contributed by atoms with Crippen LogP contribution in [0.4, 0.5) is 0 Å². The Morgan fingerprint density at radius 1 is 1.39 bits per heavy atom. The zero-order chi connectivity index (χ0) is 13.5. The zero-order valence-electron chi connectivity index (χ0n) is 11.1. The number of nitrogens with two attached hydrogens (primary N) is 1. The summed E-state index contributed by atoms with van der Waals surface area (Å²) in [6.45, 7) is 2.89. The third-order valence-corrected chi connectivity index (χ3v) is 2.86. The fourth-order valence-electron chi connectivity index (χ4n) is 1.68. The van der Waals surface area contributed by atoms with Gasteiger partial charge in [-0.1, -0.05) is 12.1 Å². The summed E-state index contributed by atoms with van der Waals surface area (Å²) in [4.78, 5) is 13.7. The van der Waals surface area contributed by atoms with Gasteiger partial charge in [-0.05, 0) is 44.0 Å². The second-order valence-corrected chi connectivity index (χ2v) is 4.60. The maximum absolute atomic E-state index is 12.0. The summed E-state index contributed by atoms with van der Waals surface area (Å²) in [7, 11) is 1.75. The van der Waals surface area contributed by atoms with E-state index in [0.29, 0.717) is 25.1 Å². The van der Waals surface area contributed by atoms with Crippen molar-refractivity contribution in [2.45, 2.75) is 25.9 Å². The largest absolute Gasteiger partial charge is 0.393 e. The molecule has 0 radical (unpaired) electrons. The average molecular weight is 250 g/mol. The number of amides is 1. The van der Waals surface area contributed by atoms with E-state index in [1.54, 1.807) is 18.9 Å². The SMILES string of the molecule is CC(O)CCN(C)C(=O)c1ccc(CCN)cc1. The molecule has 1 aromatic carbocycles. The van der Waals surface area contributed by atoms with E-state index in [1.807, 2.05) is 24.3 Å². The molecule has 18 heavy (non-hydrogen) atoms. The zero-order valence-corrected chi connectivity index (χ0v) is 11.1. The molecule has 1 aromatic rings. The summed E-state index contributed by atoms with van der Waals surface area (Å²) in [6.07, 6.45) is 1.03. The highest BCUT2D eigenvalue weighted by molar-refractivity contribution is 5.94. The van der Waals surface area contributed by atoms with Crippen molar-refractivity contribution in [3.8, 4) is 0 Å². The summed E-state index contributed by atoms with van der Waals surface area (Å²) in [5, 5.41) is 9.20. The minimum atomic E-state index is -0.382. The van der Waals surface area contributed by atoms with Crippen LogP contribution in [0.2, 0.25) is 0 Å². The standard InChI is InChI=1S/C14H22N2O2/c1-11(17)8-10-16(2)14(18)13-5-3-12(4-6-13)7-9-15/h3-6,11,17H,7-10,15H2,1-2H3. The minimum absolute atomic E-state index is 0.0186. The molecule has 4 heteroatoms. The highest BCUT2D eigenvalue weighted by atomic mass is 16.3. The molecule has 4 nitrogen and oxygen atoms in total. The topological polar surface area (TPSA) is 66.6 Å². The Bertz CT molecular complexity index is 374. The van der Waals surface area contributed by atoms with Crippen molar-refractivity contribution in [1.82, 2.24) is 4.90 Å². The molecular formula is C14H22N2O2. The molecule has 1 amide bonds. The first-order valence-corrected chi connectivity index (χ1v) is 6.27. The Hall–Kier alpha value is -1.39. The Labute approximate surface area is 108 Å². The van der Waals surface area contributed by atoms with Gasteiger partial charge in [0.2, 0.25) is 0 Å². The first-order valence-electron chi connectivity index (χ1n) is 6.27. The Kier molecular flexibility index (Phi) is 5.82. The molecule has 0 bridgehead atoms. The predicted molar refractivity (Wildman–Crippen MR) is 72.5 cm³/mol. The molecule has 0 aliphatic rings. The van der Waals surface area contributed by atoms with Gasteiger partial charge in [0.25, 0.3) is 5.91 Å². The predicted octanol–water partition coefficient (Wildman–Crippen LogP) is 1.03. The fourth-order valence-corrected chi connectivity index (χ4v) is 1.68. The van der Waals surface area contributed by atoms with Gasteiger partial charge in [-0.25, -0.2) is 0 Å². The molecule has 100 valence electrons. The summed E-state index contributed by atoms with van der Waals surface area (Å²) in [5.41, 5.74) is 7.29. The van der Waals surface area contributed by atoms with Crippen molar-refractivity contribution in [3.63, 3.8) is 0 Å². The number of hydrogen-bond donors (Lipinski definition) is 2. The van der Waals surface area contributed by atoms with Crippen LogP contribution < -0.4 is 5.73 Å². The second kappa shape index (κ2) is 7.13. The first-order chi connectivity index (χ1) is 8.54. The van der Waals surface area contributed by atoms with E-state index in [1.165, 1.54) is 0 Å². The Morgan fingerprint density at radius 3 is 2.50 bits per heavy atom. The number of rotatable bonds is 6. The van der Waals surface area contributed by atoms with Gasteiger partial charge in [0, 0.05) is 19.2 Å². The molecule has 0 aliphatic carbocycles. The van der Waals surface area contributed by atoms with E-state index in [9.17, 15) is 9.90 Å². The van der Waals surface area contributed by atoms with Crippen LogP contribution in [0.15, 0.2) is 24.3 Å². The molecule has 0 saturated heterocycles. The van der Waals surface area contributed by atoms with Crippen molar-refractivity contribution < 1.29 is 9.90 Å². The van der Waals surface area contributed by atoms with Crippen molar-refractivity contribution >= 4 is 5.91 Å². The van der Waals surface area contributed by atoms with Crippen LogP contribution in [0, 0.1) is 0 Å². The van der Waals surface area contributed by atoms with Crippen LogP contribution in [0.25, 0.3) is 0 Å². The van der Waals surface area contributed by atoms with E-state index in [2.05, 4.69) is 0 Å². The van der Waals surface area contributed by atoms with E-state index in [-0.39, 0.29) is 12.0 Å². The number of aliphatic hydroxyl groups is 1. The van der Waals surface area contributed by atoms with Gasteiger partial charge in [0.1, 0.15) is 0 Å². The lowest BCUT2D eigenvalue weighted by Crippen LogP contribution is -2.29. The number of nitrogens with zero attached hydrogens (tertiary/aromatic N) is 1. The smallest absolute Gasteiger partial charge is 0.253 e. The lowest BCUT2D eigenvalue weighted by Gasteiger charge is -2.18. The van der Waals surface area contributed by atoms with Gasteiger partial charge in [-0.15, -0.1) is 0 Å². The fraction of sp³-hybridized carbons (Fsp3) is 0.500. The van der Waals surface area contributed by atoms with Crippen molar-refractivity contribution in [2.75, 3.05) is 20.1 Å². The molecule has 1 atom stereocenters. The normalized spacial score (nSPS) is 12.2. The van der Waals surface area contributed by atoms with Gasteiger partial charge >= 0.3 is 0 Å². The van der Waals surface area contributed by atoms with Crippen LogP contribution >= 0.6 is 0 Å². The van der Waals surface area contributed by atoms with Crippen LogP contribution in [-0.4, -0.2) is 42.2 Å². The van der Waals surface area contributed by atoms with Crippen molar-refractivity contribution in [3.05, 3.63) is 35.4 Å². The molecule has 0 aromatic heterocycles. The number of carbonyl (C=O) groups excluding carboxylic acids is 1. The lowest BCUT2D eigenvalue weighted by atomic mass is 10.1. The van der Waals surface area contributed by atoms with Gasteiger partial charge in [-0.3, -0.25) is 4.79 Å². The second-order valence-electron chi connectivity index (χ2n) is 4.60. The van der Waals surface area contributed by atoms with Crippen molar-refractivity contribution in [2.24, 2.45) is 5.73 Å². The van der Waals surface area contributed by atoms with E-state index >= 15 is 0 Å². The molecule has 0 fully saturated rings. The van der Waals surface area contributed by atoms with Gasteiger partial charge in [0.15, 0.2) is 0 Å². The molecule has 3 N–H and O–H groups in total. The monoisotopic (exact) mass is 250 g/mol. The van der Waals surface area contributed by atoms with Crippen LogP contribution in [0.3, 0.4) is 0 Å². The molecule has 0 aliphatic heterocycles. The van der Waals surface area contributed by atoms with E-state index < -0.39 is 0 Å². The number of aliphatic hydroxyl groups excluding tert-OH is 1. The number of benzene rings is 1. The molecular weight excluding hydrogens is 228 g/mol. The Balaban J connectivity index is 2.60. The Morgan fingerprint density at radius 2 is 2.00 bits per heavy atom. The highest BCUT2D eigenvalue weighted by Gasteiger charge is 2.11. The van der Waals surface area contributed by atoms with Gasteiger partial charge in [-0.2, -0.15) is 0 Å². The van der Waals surface area contributed by atoms with Crippen molar-refractivity contribution in [1.29, 1.82) is 0 Å². The summed E-state index contributed by atoms with van der Waals surface area (Å²) in [6, 6.07) is 7.52. The molecule has 0 spiro atoms. The van der Waals surface area contributed by atoms with E-state index in [4.69, 9.17) is 5.73 Å². The highest BCUT2D eigenvalue weighted by Crippen LogP contribution is 2.08. The third kappa shape index (κ3) is 4.47. The first kappa shape index (κ1) is 14.7.